The first-order valence-corrected chi connectivity index (χ1v) is 8.02. The number of aryl methyl sites for hydroxylation is 6. The maximum absolute atomic E-state index is 5.56. The minimum Gasteiger partial charge on any atom is -0.473 e. The minimum absolute atomic E-state index is 1.23. The van der Waals surface area contributed by atoms with Gasteiger partial charge in [0.2, 0.25) is 0 Å². The van der Waals surface area contributed by atoms with Crippen LogP contribution < -0.4 is 0 Å². The summed E-state index contributed by atoms with van der Waals surface area (Å²) in [4.78, 5) is 0. The molecule has 23 heavy (non-hydrogen) atoms. The molecule has 0 unspecified atom stereocenters. The van der Waals surface area contributed by atoms with Crippen molar-refractivity contribution in [1.29, 1.82) is 0 Å². The molecule has 0 fully saturated rings. The summed E-state index contributed by atoms with van der Waals surface area (Å²) < 4.78 is 5.56. The maximum Gasteiger partial charge on any atom is 0.0907 e. The van der Waals surface area contributed by atoms with E-state index in [1.165, 1.54) is 44.5 Å². The second-order valence-corrected chi connectivity index (χ2v) is 6.37. The standard InChI is InChI=1S/C22H26O/c1-15-11-17(3)21(18(4)12-15)7-9-23-10-8-22-19(5)13-16(2)14-20(22)6/h7-14H,1-6H3. The summed E-state index contributed by atoms with van der Waals surface area (Å²) in [5, 5.41) is 0. The van der Waals surface area contributed by atoms with Crippen molar-refractivity contribution in [1.82, 2.24) is 0 Å². The summed E-state index contributed by atoms with van der Waals surface area (Å²) in [6.45, 7) is 12.8. The molecule has 0 saturated heterocycles. The Bertz CT molecular complexity index is 652. The summed E-state index contributed by atoms with van der Waals surface area (Å²) in [5.74, 6) is 0. The van der Waals surface area contributed by atoms with Gasteiger partial charge in [-0.3, -0.25) is 0 Å². The first-order valence-electron chi connectivity index (χ1n) is 8.02. The zero-order valence-electron chi connectivity index (χ0n) is 15.0. The van der Waals surface area contributed by atoms with Gasteiger partial charge in [-0.2, -0.15) is 0 Å². The molecule has 0 heterocycles. The highest BCUT2D eigenvalue weighted by molar-refractivity contribution is 5.59. The van der Waals surface area contributed by atoms with Crippen LogP contribution in [0.1, 0.15) is 44.5 Å². The molecule has 0 amide bonds. The Balaban J connectivity index is 2.08. The Morgan fingerprint density at radius 3 is 1.17 bits per heavy atom. The Kier molecular flexibility index (Phi) is 5.44. The van der Waals surface area contributed by atoms with Crippen molar-refractivity contribution in [2.24, 2.45) is 0 Å². The molecule has 0 saturated carbocycles. The van der Waals surface area contributed by atoms with E-state index in [0.717, 1.165) is 0 Å². The summed E-state index contributed by atoms with van der Waals surface area (Å²) in [7, 11) is 0. The normalized spacial score (nSPS) is 11.6. The largest absolute Gasteiger partial charge is 0.473 e. The van der Waals surface area contributed by atoms with Crippen molar-refractivity contribution in [3.8, 4) is 0 Å². The SMILES string of the molecule is Cc1cc(C)c(C=COC=Cc2c(C)cc(C)cc2C)c(C)c1. The fourth-order valence-corrected chi connectivity index (χ4v) is 3.17. The number of hydrogen-bond donors (Lipinski definition) is 0. The lowest BCUT2D eigenvalue weighted by molar-refractivity contribution is 0.410. The fraction of sp³-hybridized carbons (Fsp3) is 0.273. The van der Waals surface area contributed by atoms with Crippen LogP contribution in [0.15, 0.2) is 36.8 Å². The van der Waals surface area contributed by atoms with E-state index < -0.39 is 0 Å². The van der Waals surface area contributed by atoms with Crippen LogP contribution in [-0.4, -0.2) is 0 Å². The van der Waals surface area contributed by atoms with Crippen LogP contribution in [0.2, 0.25) is 0 Å². The summed E-state index contributed by atoms with van der Waals surface area (Å²) in [6.07, 6.45) is 7.56. The molecule has 1 nitrogen and oxygen atoms in total. The molecule has 0 aromatic heterocycles. The van der Waals surface area contributed by atoms with Crippen LogP contribution in [-0.2, 0) is 4.74 Å². The number of ether oxygens (including phenoxy) is 1. The van der Waals surface area contributed by atoms with E-state index >= 15 is 0 Å². The average molecular weight is 306 g/mol. The van der Waals surface area contributed by atoms with E-state index in [4.69, 9.17) is 4.74 Å². The fourth-order valence-electron chi connectivity index (χ4n) is 3.17. The highest BCUT2D eigenvalue weighted by Crippen LogP contribution is 2.19. The number of benzene rings is 2. The maximum atomic E-state index is 5.56. The van der Waals surface area contributed by atoms with Crippen LogP contribution in [0.25, 0.3) is 12.2 Å². The quantitative estimate of drug-likeness (QED) is 0.611. The van der Waals surface area contributed by atoms with Gasteiger partial charge in [-0.15, -0.1) is 0 Å². The van der Waals surface area contributed by atoms with Crippen molar-refractivity contribution in [2.75, 3.05) is 0 Å². The number of rotatable bonds is 4. The highest BCUT2D eigenvalue weighted by Gasteiger charge is 2.01. The second kappa shape index (κ2) is 7.32. The lowest BCUT2D eigenvalue weighted by atomic mass is 10.00. The van der Waals surface area contributed by atoms with Crippen molar-refractivity contribution in [2.45, 2.75) is 41.5 Å². The third-order valence-corrected chi connectivity index (χ3v) is 4.10. The van der Waals surface area contributed by atoms with Gasteiger partial charge in [0, 0.05) is 0 Å². The first-order chi connectivity index (χ1) is 10.9. The smallest absolute Gasteiger partial charge is 0.0907 e. The van der Waals surface area contributed by atoms with Gasteiger partial charge in [0.25, 0.3) is 0 Å². The minimum atomic E-state index is 1.23. The van der Waals surface area contributed by atoms with Crippen LogP contribution in [0.5, 0.6) is 0 Å². The van der Waals surface area contributed by atoms with Crippen molar-refractivity contribution in [3.05, 3.63) is 81.3 Å². The molecule has 0 aliphatic carbocycles. The van der Waals surface area contributed by atoms with Gasteiger partial charge >= 0.3 is 0 Å². The van der Waals surface area contributed by atoms with Gasteiger partial charge in [-0.05, 0) is 87.1 Å². The Labute approximate surface area is 140 Å². The molecule has 0 atom stereocenters. The van der Waals surface area contributed by atoms with Crippen molar-refractivity contribution < 1.29 is 4.74 Å². The van der Waals surface area contributed by atoms with E-state index in [1.807, 2.05) is 12.2 Å². The van der Waals surface area contributed by atoms with Gasteiger partial charge in [-0.25, -0.2) is 0 Å². The molecular formula is C22H26O. The molecule has 0 N–H and O–H groups in total. The predicted octanol–water partition coefficient (Wildman–Crippen LogP) is 6.20. The first kappa shape index (κ1) is 17.1. The highest BCUT2D eigenvalue weighted by atomic mass is 16.5. The molecular weight excluding hydrogens is 280 g/mol. The third-order valence-electron chi connectivity index (χ3n) is 4.10. The van der Waals surface area contributed by atoms with Crippen LogP contribution in [0, 0.1) is 41.5 Å². The number of hydrogen-bond acceptors (Lipinski definition) is 1. The van der Waals surface area contributed by atoms with E-state index in [0.29, 0.717) is 0 Å². The van der Waals surface area contributed by atoms with E-state index in [-0.39, 0.29) is 0 Å². The summed E-state index contributed by atoms with van der Waals surface area (Å²) in [6, 6.07) is 8.78. The van der Waals surface area contributed by atoms with E-state index in [2.05, 4.69) is 65.8 Å². The monoisotopic (exact) mass is 306 g/mol. The Morgan fingerprint density at radius 1 is 0.565 bits per heavy atom. The molecule has 0 spiro atoms. The van der Waals surface area contributed by atoms with Crippen LogP contribution in [0.4, 0.5) is 0 Å². The molecule has 0 bridgehead atoms. The lowest BCUT2D eigenvalue weighted by Crippen LogP contribution is -1.89. The second-order valence-electron chi connectivity index (χ2n) is 6.37. The molecule has 2 rings (SSSR count). The van der Waals surface area contributed by atoms with Gasteiger partial charge < -0.3 is 4.74 Å². The molecule has 120 valence electrons. The molecule has 2 aromatic carbocycles. The van der Waals surface area contributed by atoms with Crippen LogP contribution >= 0.6 is 0 Å². The topological polar surface area (TPSA) is 9.23 Å². The predicted molar refractivity (Wildman–Crippen MR) is 100 cm³/mol. The lowest BCUT2D eigenvalue weighted by Gasteiger charge is -2.07. The van der Waals surface area contributed by atoms with Crippen molar-refractivity contribution in [3.63, 3.8) is 0 Å². The molecule has 0 aliphatic rings. The van der Waals surface area contributed by atoms with E-state index in [9.17, 15) is 0 Å². The summed E-state index contributed by atoms with van der Waals surface area (Å²) >= 11 is 0. The average Bonchev–Trinajstić information content (AvgIpc) is 2.42. The van der Waals surface area contributed by atoms with Crippen LogP contribution in [0.3, 0.4) is 0 Å². The third kappa shape index (κ3) is 4.35. The zero-order valence-corrected chi connectivity index (χ0v) is 15.0. The molecule has 2 aromatic rings. The van der Waals surface area contributed by atoms with Gasteiger partial charge in [-0.1, -0.05) is 35.4 Å². The van der Waals surface area contributed by atoms with Crippen molar-refractivity contribution >= 4 is 12.2 Å². The Morgan fingerprint density at radius 2 is 0.870 bits per heavy atom. The molecule has 0 radical (unpaired) electrons. The van der Waals surface area contributed by atoms with Gasteiger partial charge in [0.15, 0.2) is 0 Å². The van der Waals surface area contributed by atoms with E-state index in [1.54, 1.807) is 12.5 Å². The Hall–Kier alpha value is -2.28. The van der Waals surface area contributed by atoms with Gasteiger partial charge in [0.05, 0.1) is 12.5 Å². The van der Waals surface area contributed by atoms with Gasteiger partial charge in [0.1, 0.15) is 0 Å². The zero-order chi connectivity index (χ0) is 17.0. The summed E-state index contributed by atoms with van der Waals surface area (Å²) in [5.41, 5.74) is 10.1. The molecule has 0 aliphatic heterocycles. The molecule has 1 heteroatoms.